The zero-order valence-electron chi connectivity index (χ0n) is 16.1. The fourth-order valence-electron chi connectivity index (χ4n) is 2.80. The Hall–Kier alpha value is -2.89. The standard InChI is InChI=1S/C20H18F2O8S/c1-31(25,26)30-19-20(21,22)16(29-18(24)14-10-6-3-7-11-14)15(28-19)12-27-17(23)13-8-4-2-5-9-13/h2-11,15-16,19H,12H2,1H3/t15-,16-,19+/m1/s1. The third-order valence-corrected chi connectivity index (χ3v) is 4.75. The fourth-order valence-corrected chi connectivity index (χ4v) is 3.29. The highest BCUT2D eigenvalue weighted by molar-refractivity contribution is 7.86. The van der Waals surface area contributed by atoms with Gasteiger partial charge in [0, 0.05) is 0 Å². The average Bonchev–Trinajstić information content (AvgIpc) is 2.95. The van der Waals surface area contributed by atoms with Crippen LogP contribution in [0.25, 0.3) is 0 Å². The summed E-state index contributed by atoms with van der Waals surface area (Å²) in [6.07, 6.45) is -5.94. The topological polar surface area (TPSA) is 105 Å². The minimum absolute atomic E-state index is 0.00851. The Labute approximate surface area is 176 Å². The molecule has 3 atom stereocenters. The third-order valence-electron chi connectivity index (χ3n) is 4.22. The second-order valence-corrected chi connectivity index (χ2v) is 8.24. The maximum atomic E-state index is 14.8. The summed E-state index contributed by atoms with van der Waals surface area (Å²) in [7, 11) is -4.33. The van der Waals surface area contributed by atoms with Crippen LogP contribution in [0.15, 0.2) is 60.7 Å². The lowest BCUT2D eigenvalue weighted by molar-refractivity contribution is -0.183. The van der Waals surface area contributed by atoms with Gasteiger partial charge in [-0.2, -0.15) is 17.2 Å². The van der Waals surface area contributed by atoms with Gasteiger partial charge >= 0.3 is 17.9 Å². The lowest BCUT2D eigenvalue weighted by Gasteiger charge is -2.23. The van der Waals surface area contributed by atoms with Gasteiger partial charge in [0.1, 0.15) is 12.7 Å². The monoisotopic (exact) mass is 456 g/mol. The SMILES string of the molecule is CS(=O)(=O)O[C@@H]1O[C@H](COC(=O)c2ccccc2)[C@@H](OC(=O)c2ccccc2)C1(F)F. The molecule has 1 fully saturated rings. The van der Waals surface area contributed by atoms with Gasteiger partial charge in [-0.15, -0.1) is 0 Å². The Bertz CT molecular complexity index is 1030. The highest BCUT2D eigenvalue weighted by Crippen LogP contribution is 2.40. The lowest BCUT2D eigenvalue weighted by atomic mass is 10.1. The first-order valence-electron chi connectivity index (χ1n) is 8.97. The van der Waals surface area contributed by atoms with Crippen molar-refractivity contribution in [3.05, 3.63) is 71.8 Å². The van der Waals surface area contributed by atoms with Crippen LogP contribution in [0.2, 0.25) is 0 Å². The van der Waals surface area contributed by atoms with Gasteiger partial charge in [-0.1, -0.05) is 36.4 Å². The van der Waals surface area contributed by atoms with Gasteiger partial charge in [0.25, 0.3) is 10.1 Å². The molecule has 0 radical (unpaired) electrons. The van der Waals surface area contributed by atoms with Crippen LogP contribution >= 0.6 is 0 Å². The van der Waals surface area contributed by atoms with Crippen molar-refractivity contribution in [1.29, 1.82) is 0 Å². The first kappa shape index (κ1) is 22.8. The number of carbonyl (C=O) groups is 2. The maximum Gasteiger partial charge on any atom is 0.338 e. The molecule has 2 aromatic carbocycles. The van der Waals surface area contributed by atoms with Gasteiger partial charge in [0.05, 0.1) is 17.4 Å². The van der Waals surface area contributed by atoms with Crippen LogP contribution in [0.5, 0.6) is 0 Å². The Morgan fingerprint density at radius 3 is 2.00 bits per heavy atom. The van der Waals surface area contributed by atoms with Gasteiger partial charge in [0.2, 0.25) is 12.4 Å². The smallest absolute Gasteiger partial charge is 0.338 e. The Kier molecular flexibility index (Phi) is 6.68. The number of esters is 2. The quantitative estimate of drug-likeness (QED) is 0.462. The molecule has 0 bridgehead atoms. The van der Waals surface area contributed by atoms with Gasteiger partial charge in [-0.25, -0.2) is 13.8 Å². The molecule has 0 spiro atoms. The summed E-state index contributed by atoms with van der Waals surface area (Å²) in [4.78, 5) is 24.4. The van der Waals surface area contributed by atoms with Crippen molar-refractivity contribution in [1.82, 2.24) is 0 Å². The molecular formula is C20H18F2O8S. The van der Waals surface area contributed by atoms with E-state index in [1.807, 2.05) is 0 Å². The number of halogens is 2. The number of benzene rings is 2. The van der Waals surface area contributed by atoms with E-state index in [0.29, 0.717) is 6.26 Å². The van der Waals surface area contributed by atoms with Crippen LogP contribution in [-0.4, -0.2) is 57.6 Å². The molecule has 0 aliphatic carbocycles. The molecule has 0 aromatic heterocycles. The van der Waals surface area contributed by atoms with Gasteiger partial charge in [0.15, 0.2) is 0 Å². The zero-order chi connectivity index (χ0) is 22.6. The number of hydrogen-bond donors (Lipinski definition) is 0. The van der Waals surface area contributed by atoms with E-state index in [-0.39, 0.29) is 11.1 Å². The van der Waals surface area contributed by atoms with Crippen molar-refractivity contribution >= 4 is 22.1 Å². The van der Waals surface area contributed by atoms with Crippen molar-refractivity contribution in [2.45, 2.75) is 24.4 Å². The predicted octanol–water partition coefficient (Wildman–Crippen LogP) is 2.41. The average molecular weight is 456 g/mol. The maximum absolute atomic E-state index is 14.8. The van der Waals surface area contributed by atoms with Crippen LogP contribution in [0.3, 0.4) is 0 Å². The molecule has 1 saturated heterocycles. The molecule has 31 heavy (non-hydrogen) atoms. The summed E-state index contributed by atoms with van der Waals surface area (Å²) in [6.45, 7) is -0.736. The van der Waals surface area contributed by atoms with E-state index in [1.165, 1.54) is 36.4 Å². The Balaban J connectivity index is 1.79. The first-order valence-corrected chi connectivity index (χ1v) is 10.8. The van der Waals surface area contributed by atoms with E-state index < -0.39 is 53.1 Å². The van der Waals surface area contributed by atoms with Gasteiger partial charge in [-0.05, 0) is 24.3 Å². The minimum Gasteiger partial charge on any atom is -0.459 e. The van der Waals surface area contributed by atoms with Gasteiger partial charge in [-0.3, -0.25) is 0 Å². The molecule has 1 aliphatic heterocycles. The molecule has 0 unspecified atom stereocenters. The number of rotatable bonds is 7. The zero-order valence-corrected chi connectivity index (χ0v) is 17.0. The second kappa shape index (κ2) is 9.08. The molecular weight excluding hydrogens is 438 g/mol. The summed E-state index contributed by atoms with van der Waals surface area (Å²) in [5.74, 6) is -5.96. The third kappa shape index (κ3) is 5.63. The van der Waals surface area contributed by atoms with E-state index in [9.17, 15) is 26.8 Å². The Morgan fingerprint density at radius 1 is 0.968 bits per heavy atom. The molecule has 1 heterocycles. The number of carbonyl (C=O) groups excluding carboxylic acids is 2. The normalized spacial score (nSPS) is 22.6. The predicted molar refractivity (Wildman–Crippen MR) is 102 cm³/mol. The van der Waals surface area contributed by atoms with E-state index >= 15 is 0 Å². The second-order valence-electron chi connectivity index (χ2n) is 6.64. The Morgan fingerprint density at radius 2 is 1.48 bits per heavy atom. The van der Waals surface area contributed by atoms with Crippen molar-refractivity contribution in [2.24, 2.45) is 0 Å². The molecule has 0 amide bonds. The van der Waals surface area contributed by atoms with Crippen LogP contribution in [0, 0.1) is 0 Å². The van der Waals surface area contributed by atoms with Crippen molar-refractivity contribution < 1.29 is 45.2 Å². The van der Waals surface area contributed by atoms with Crippen LogP contribution in [0.1, 0.15) is 20.7 Å². The molecule has 3 rings (SSSR count). The summed E-state index contributed by atoms with van der Waals surface area (Å²) >= 11 is 0. The highest BCUT2D eigenvalue weighted by Gasteiger charge is 2.63. The van der Waals surface area contributed by atoms with Crippen molar-refractivity contribution in [3.63, 3.8) is 0 Å². The van der Waals surface area contributed by atoms with E-state index in [4.69, 9.17) is 14.2 Å². The van der Waals surface area contributed by atoms with Crippen LogP contribution in [-0.2, 0) is 28.5 Å². The summed E-state index contributed by atoms with van der Waals surface area (Å²) < 4.78 is 71.6. The summed E-state index contributed by atoms with van der Waals surface area (Å²) in [5, 5.41) is 0. The fraction of sp³-hybridized carbons (Fsp3) is 0.300. The molecule has 11 heteroatoms. The van der Waals surface area contributed by atoms with Crippen molar-refractivity contribution in [2.75, 3.05) is 12.9 Å². The molecule has 166 valence electrons. The summed E-state index contributed by atoms with van der Waals surface area (Å²) in [5.41, 5.74) is 0.153. The van der Waals surface area contributed by atoms with E-state index in [1.54, 1.807) is 24.3 Å². The van der Waals surface area contributed by atoms with E-state index in [2.05, 4.69) is 4.18 Å². The van der Waals surface area contributed by atoms with Crippen molar-refractivity contribution in [3.8, 4) is 0 Å². The summed E-state index contributed by atoms with van der Waals surface area (Å²) in [6, 6.07) is 15.1. The molecule has 1 aliphatic rings. The minimum atomic E-state index is -4.33. The number of alkyl halides is 2. The molecule has 0 N–H and O–H groups in total. The lowest BCUT2D eigenvalue weighted by Crippen LogP contribution is -2.45. The van der Waals surface area contributed by atoms with Gasteiger partial charge < -0.3 is 14.2 Å². The van der Waals surface area contributed by atoms with E-state index in [0.717, 1.165) is 0 Å². The highest BCUT2D eigenvalue weighted by atomic mass is 32.2. The van der Waals surface area contributed by atoms with Crippen LogP contribution in [0.4, 0.5) is 8.78 Å². The van der Waals surface area contributed by atoms with Crippen LogP contribution < -0.4 is 0 Å². The largest absolute Gasteiger partial charge is 0.459 e. The molecule has 8 nitrogen and oxygen atoms in total. The number of hydrogen-bond acceptors (Lipinski definition) is 8. The molecule has 0 saturated carbocycles. The number of ether oxygens (including phenoxy) is 3. The first-order chi connectivity index (χ1) is 14.6. The molecule has 2 aromatic rings.